The molecule has 0 amide bonds. The maximum atomic E-state index is 12.2. The zero-order valence-corrected chi connectivity index (χ0v) is 23.0. The Bertz CT molecular complexity index is 1030. The van der Waals surface area contributed by atoms with Crippen LogP contribution in [0.2, 0.25) is 0 Å². The summed E-state index contributed by atoms with van der Waals surface area (Å²) in [6.07, 6.45) is 10.3. The van der Waals surface area contributed by atoms with Crippen molar-refractivity contribution in [2.24, 2.45) is 52.3 Å². The van der Waals surface area contributed by atoms with Crippen molar-refractivity contribution in [2.45, 2.75) is 98.7 Å². The number of esters is 2. The minimum absolute atomic E-state index is 0.0259. The first-order valence-electron chi connectivity index (χ1n) is 14.5. The second kappa shape index (κ2) is 8.36. The number of hydrogen-bond acceptors (Lipinski definition) is 5. The molecule has 0 aromatic rings. The quantitative estimate of drug-likeness (QED) is 0.425. The number of rotatable bonds is 2. The van der Waals surface area contributed by atoms with Gasteiger partial charge in [0, 0.05) is 31.1 Å². The molecular weight excluding hydrogens is 452 g/mol. The Kier molecular flexibility index (Phi) is 5.70. The highest BCUT2D eigenvalue weighted by atomic mass is 16.5. The van der Waals surface area contributed by atoms with Crippen LogP contribution in [0, 0.1) is 52.3 Å². The lowest BCUT2D eigenvalue weighted by molar-refractivity contribution is -0.155. The molecular formula is C31H44O5. The number of hydrogen-bond donors (Lipinski definition) is 0. The Morgan fingerprint density at radius 1 is 1.03 bits per heavy atom. The van der Waals surface area contributed by atoms with E-state index < -0.39 is 0 Å². The van der Waals surface area contributed by atoms with Crippen molar-refractivity contribution < 1.29 is 23.8 Å². The summed E-state index contributed by atoms with van der Waals surface area (Å²) in [5.74, 6) is 4.16. The zero-order chi connectivity index (χ0) is 25.6. The Balaban J connectivity index is 1.44. The summed E-state index contributed by atoms with van der Waals surface area (Å²) < 4.78 is 18.3. The summed E-state index contributed by atoms with van der Waals surface area (Å²) >= 11 is 0. The average molecular weight is 497 g/mol. The lowest BCUT2D eigenvalue weighted by atomic mass is 9.43. The highest BCUT2D eigenvalue weighted by molar-refractivity contribution is 5.66. The van der Waals surface area contributed by atoms with Crippen LogP contribution in [-0.4, -0.2) is 30.8 Å². The van der Waals surface area contributed by atoms with Crippen molar-refractivity contribution in [3.63, 3.8) is 0 Å². The molecule has 3 saturated carbocycles. The highest BCUT2D eigenvalue weighted by Crippen LogP contribution is 2.71. The topological polar surface area (TPSA) is 61.8 Å². The molecule has 5 aliphatic carbocycles. The van der Waals surface area contributed by atoms with Gasteiger partial charge in [0.1, 0.15) is 18.0 Å². The molecule has 0 radical (unpaired) electrons. The Hall–Kier alpha value is -1.78. The van der Waals surface area contributed by atoms with E-state index in [9.17, 15) is 9.59 Å². The number of ether oxygens (including phenoxy) is 3. The number of fused-ring (bicyclic) bond motifs is 5. The van der Waals surface area contributed by atoms with Crippen LogP contribution in [-0.2, 0) is 23.8 Å². The smallest absolute Gasteiger partial charge is 0.302 e. The summed E-state index contributed by atoms with van der Waals surface area (Å²) in [5, 5.41) is 0. The third kappa shape index (κ3) is 3.39. The maximum absolute atomic E-state index is 12.2. The zero-order valence-electron chi connectivity index (χ0n) is 23.0. The van der Waals surface area contributed by atoms with Crippen LogP contribution < -0.4 is 0 Å². The van der Waals surface area contributed by atoms with E-state index in [1.54, 1.807) is 6.92 Å². The van der Waals surface area contributed by atoms with Crippen LogP contribution >= 0.6 is 0 Å². The number of carbonyl (C=O) groups is 2. The summed E-state index contributed by atoms with van der Waals surface area (Å²) in [7, 11) is 0. The monoisotopic (exact) mass is 496 g/mol. The van der Waals surface area contributed by atoms with Crippen molar-refractivity contribution in [3.8, 4) is 0 Å². The first-order valence-corrected chi connectivity index (χ1v) is 14.5. The van der Waals surface area contributed by atoms with Crippen LogP contribution in [0.4, 0.5) is 0 Å². The molecule has 6 rings (SSSR count). The van der Waals surface area contributed by atoms with Crippen LogP contribution in [0.3, 0.4) is 0 Å². The molecule has 0 unspecified atom stereocenters. The third-order valence-corrected chi connectivity index (χ3v) is 11.6. The first kappa shape index (κ1) is 24.6. The molecule has 0 aromatic carbocycles. The van der Waals surface area contributed by atoms with Crippen LogP contribution in [0.5, 0.6) is 0 Å². The van der Waals surface area contributed by atoms with E-state index in [1.165, 1.54) is 36.7 Å². The SMILES string of the molecule is CC(=O)O[C@H]1CC[C@@]2(C)[C@@H](CC[C@@H]3[C@@H]2C=C2C4=C(OC[C@H](C)C4)[C@@H](C)[C@H]4[C@@H](OC(C)=O)C[C@@H]3[C@]24C)C1. The van der Waals surface area contributed by atoms with Crippen LogP contribution in [0.25, 0.3) is 0 Å². The van der Waals surface area contributed by atoms with Gasteiger partial charge in [-0.25, -0.2) is 0 Å². The van der Waals surface area contributed by atoms with Gasteiger partial charge in [-0.1, -0.05) is 33.8 Å². The summed E-state index contributed by atoms with van der Waals surface area (Å²) in [5.41, 5.74) is 3.23. The molecule has 0 aromatic heterocycles. The highest BCUT2D eigenvalue weighted by Gasteiger charge is 2.67. The normalized spacial score (nSPS) is 48.9. The molecule has 1 heterocycles. The van der Waals surface area contributed by atoms with Gasteiger partial charge in [-0.3, -0.25) is 9.59 Å². The minimum Gasteiger partial charge on any atom is -0.497 e. The second-order valence-electron chi connectivity index (χ2n) is 13.6. The lowest BCUT2D eigenvalue weighted by Gasteiger charge is -2.61. The van der Waals surface area contributed by atoms with E-state index in [-0.39, 0.29) is 46.8 Å². The van der Waals surface area contributed by atoms with Gasteiger partial charge in [0.2, 0.25) is 0 Å². The summed E-state index contributed by atoms with van der Waals surface area (Å²) in [4.78, 5) is 23.9. The van der Waals surface area contributed by atoms with E-state index in [0.29, 0.717) is 29.6 Å². The second-order valence-corrected chi connectivity index (χ2v) is 13.6. The summed E-state index contributed by atoms with van der Waals surface area (Å²) in [6, 6.07) is 0. The number of allylic oxidation sites excluding steroid dienone is 4. The first-order chi connectivity index (χ1) is 17.0. The predicted molar refractivity (Wildman–Crippen MR) is 136 cm³/mol. The molecule has 0 saturated heterocycles. The molecule has 0 spiro atoms. The van der Waals surface area contributed by atoms with E-state index in [0.717, 1.165) is 38.7 Å². The molecule has 6 aliphatic rings. The molecule has 1 aliphatic heterocycles. The molecule has 198 valence electrons. The van der Waals surface area contributed by atoms with Gasteiger partial charge in [0.25, 0.3) is 0 Å². The average Bonchev–Trinajstić information content (AvgIpc) is 3.09. The molecule has 0 bridgehead atoms. The Labute approximate surface area is 216 Å². The standard InChI is InChI=1S/C31H44O5/c1-16-11-23-25-13-24-22(8-7-20-12-21(35-18(3)32)9-10-30(20,24)5)26-14-27(36-19(4)33)28(31(25,26)6)17(2)29(23)34-15-16/h13,16-17,20-22,24,26-28H,7-12,14-15H2,1-6H3/t16-,17+,20+,21+,22-,24+,26+,27+,28+,30+,31+/m1/s1. The van der Waals surface area contributed by atoms with Gasteiger partial charge >= 0.3 is 11.9 Å². The fourth-order valence-corrected chi connectivity index (χ4v) is 10.3. The Morgan fingerprint density at radius 2 is 1.78 bits per heavy atom. The molecule has 11 atom stereocenters. The minimum atomic E-state index is -0.158. The van der Waals surface area contributed by atoms with Crippen LogP contribution in [0.1, 0.15) is 86.5 Å². The van der Waals surface area contributed by atoms with Gasteiger partial charge in [-0.2, -0.15) is 0 Å². The molecule has 36 heavy (non-hydrogen) atoms. The maximum Gasteiger partial charge on any atom is 0.302 e. The van der Waals surface area contributed by atoms with E-state index in [4.69, 9.17) is 14.2 Å². The van der Waals surface area contributed by atoms with Gasteiger partial charge in [-0.05, 0) is 91.1 Å². The van der Waals surface area contributed by atoms with Crippen molar-refractivity contribution >= 4 is 11.9 Å². The molecule has 0 N–H and O–H groups in total. The Morgan fingerprint density at radius 3 is 2.50 bits per heavy atom. The van der Waals surface area contributed by atoms with E-state index in [1.807, 2.05) is 0 Å². The largest absolute Gasteiger partial charge is 0.497 e. The number of carbonyl (C=O) groups excluding carboxylic acids is 2. The predicted octanol–water partition coefficient (Wildman–Crippen LogP) is 6.23. The van der Waals surface area contributed by atoms with Gasteiger partial charge in [-0.15, -0.1) is 0 Å². The lowest BCUT2D eigenvalue weighted by Crippen LogP contribution is -2.55. The molecule has 5 nitrogen and oxygen atoms in total. The van der Waals surface area contributed by atoms with Crippen molar-refractivity contribution in [3.05, 3.63) is 23.0 Å². The van der Waals surface area contributed by atoms with Crippen molar-refractivity contribution in [2.75, 3.05) is 6.61 Å². The fraction of sp³-hybridized carbons (Fsp3) is 0.806. The van der Waals surface area contributed by atoms with Gasteiger partial charge in [0.15, 0.2) is 0 Å². The van der Waals surface area contributed by atoms with Crippen LogP contribution in [0.15, 0.2) is 23.0 Å². The fourth-order valence-electron chi connectivity index (χ4n) is 10.3. The molecule has 5 heteroatoms. The van der Waals surface area contributed by atoms with Crippen molar-refractivity contribution in [1.29, 1.82) is 0 Å². The summed E-state index contributed by atoms with van der Waals surface area (Å²) in [6.45, 7) is 13.5. The third-order valence-electron chi connectivity index (χ3n) is 11.6. The van der Waals surface area contributed by atoms with Gasteiger partial charge < -0.3 is 14.2 Å². The van der Waals surface area contributed by atoms with E-state index >= 15 is 0 Å². The van der Waals surface area contributed by atoms with Gasteiger partial charge in [0.05, 0.1) is 6.61 Å². The van der Waals surface area contributed by atoms with Crippen molar-refractivity contribution in [1.82, 2.24) is 0 Å². The molecule has 3 fully saturated rings. The van der Waals surface area contributed by atoms with E-state index in [2.05, 4.69) is 33.8 Å².